The Kier molecular flexibility index (Phi) is 3.06. The Hall–Kier alpha value is -1.02. The molecule has 2 heterocycles. The van der Waals surface area contributed by atoms with Gasteiger partial charge in [0.2, 0.25) is 0 Å². The second kappa shape index (κ2) is 4.58. The van der Waals surface area contributed by atoms with Gasteiger partial charge in [0, 0.05) is 31.9 Å². The van der Waals surface area contributed by atoms with E-state index in [0.717, 1.165) is 0 Å². The minimum absolute atomic E-state index is 0.613. The molecule has 0 bridgehead atoms. The number of benzene rings is 1. The van der Waals surface area contributed by atoms with Crippen LogP contribution in [0.2, 0.25) is 0 Å². The van der Waals surface area contributed by atoms with Crippen molar-refractivity contribution in [3.8, 4) is 0 Å². The van der Waals surface area contributed by atoms with Crippen LogP contribution in [0.1, 0.15) is 38.2 Å². The number of piperidine rings is 1. The molecule has 3 rings (SSSR count). The van der Waals surface area contributed by atoms with E-state index in [-0.39, 0.29) is 0 Å². The largest absolute Gasteiger partial charge is 0.371 e. The third-order valence-electron chi connectivity index (χ3n) is 4.72. The van der Waals surface area contributed by atoms with Gasteiger partial charge in [0.25, 0.3) is 0 Å². The molecule has 0 aliphatic carbocycles. The van der Waals surface area contributed by atoms with E-state index in [1.54, 1.807) is 0 Å². The molecule has 2 aliphatic rings. The summed E-state index contributed by atoms with van der Waals surface area (Å²) < 4.78 is 0. The van der Waals surface area contributed by atoms with Crippen molar-refractivity contribution in [2.45, 2.75) is 32.6 Å². The van der Waals surface area contributed by atoms with Gasteiger partial charge in [0.05, 0.1) is 0 Å². The van der Waals surface area contributed by atoms with E-state index < -0.39 is 0 Å². The summed E-state index contributed by atoms with van der Waals surface area (Å²) in [6.07, 6.45) is 2.71. The van der Waals surface area contributed by atoms with Crippen LogP contribution >= 0.6 is 0 Å². The van der Waals surface area contributed by atoms with E-state index >= 15 is 0 Å². The summed E-state index contributed by atoms with van der Waals surface area (Å²) >= 11 is 0. The lowest BCUT2D eigenvalue weighted by Gasteiger charge is -2.49. The standard InChI is InChI=1S/C16H24N2/c1-13(2)14-5-3-4-6-15(14)18-9-7-16(8-10-18)11-17-12-16/h3-6,13,17H,7-12H2,1-2H3. The Balaban J connectivity index is 1.76. The Morgan fingerprint density at radius 3 is 2.33 bits per heavy atom. The summed E-state index contributed by atoms with van der Waals surface area (Å²) in [4.78, 5) is 2.60. The van der Waals surface area contributed by atoms with Gasteiger partial charge < -0.3 is 10.2 Å². The highest BCUT2D eigenvalue weighted by molar-refractivity contribution is 5.55. The Bertz CT molecular complexity index is 411. The van der Waals surface area contributed by atoms with Crippen molar-refractivity contribution in [2.24, 2.45) is 5.41 Å². The molecular formula is C16H24N2. The zero-order chi connectivity index (χ0) is 12.6. The molecule has 0 radical (unpaired) electrons. The predicted octanol–water partition coefficient (Wildman–Crippen LogP) is 3.00. The van der Waals surface area contributed by atoms with E-state index in [0.29, 0.717) is 11.3 Å². The molecule has 1 aromatic carbocycles. The van der Waals surface area contributed by atoms with Gasteiger partial charge in [0.15, 0.2) is 0 Å². The van der Waals surface area contributed by atoms with Crippen molar-refractivity contribution < 1.29 is 0 Å². The summed E-state index contributed by atoms with van der Waals surface area (Å²) in [6.45, 7) is 9.52. The van der Waals surface area contributed by atoms with Crippen LogP contribution in [-0.2, 0) is 0 Å². The maximum atomic E-state index is 3.44. The number of hydrogen-bond donors (Lipinski definition) is 1. The maximum absolute atomic E-state index is 3.44. The molecule has 0 aromatic heterocycles. The van der Waals surface area contributed by atoms with Gasteiger partial charge in [-0.1, -0.05) is 32.0 Å². The third kappa shape index (κ3) is 2.03. The van der Waals surface area contributed by atoms with Gasteiger partial charge in [-0.3, -0.25) is 0 Å². The summed E-state index contributed by atoms with van der Waals surface area (Å²) in [6, 6.07) is 8.93. The first kappa shape index (κ1) is 12.0. The lowest BCUT2D eigenvalue weighted by atomic mass is 9.73. The van der Waals surface area contributed by atoms with E-state index in [1.807, 2.05) is 0 Å². The summed E-state index contributed by atoms with van der Waals surface area (Å²) in [5.41, 5.74) is 3.61. The molecule has 1 spiro atoms. The second-order valence-electron chi connectivity index (χ2n) is 6.30. The highest BCUT2D eigenvalue weighted by Gasteiger charge is 2.39. The highest BCUT2D eigenvalue weighted by atomic mass is 15.2. The van der Waals surface area contributed by atoms with Gasteiger partial charge in [-0.05, 0) is 35.8 Å². The van der Waals surface area contributed by atoms with Crippen LogP contribution < -0.4 is 10.2 Å². The van der Waals surface area contributed by atoms with E-state index in [2.05, 4.69) is 48.3 Å². The smallest absolute Gasteiger partial charge is 0.0401 e. The van der Waals surface area contributed by atoms with Gasteiger partial charge in [-0.25, -0.2) is 0 Å². The van der Waals surface area contributed by atoms with Gasteiger partial charge >= 0.3 is 0 Å². The number of anilines is 1. The molecule has 98 valence electrons. The zero-order valence-corrected chi connectivity index (χ0v) is 11.6. The van der Waals surface area contributed by atoms with Gasteiger partial charge in [-0.2, -0.15) is 0 Å². The Morgan fingerprint density at radius 2 is 1.78 bits per heavy atom. The van der Waals surface area contributed by atoms with Crippen LogP contribution in [0.25, 0.3) is 0 Å². The first-order valence-corrected chi connectivity index (χ1v) is 7.25. The molecule has 0 atom stereocenters. The zero-order valence-electron chi connectivity index (χ0n) is 11.6. The molecule has 0 saturated carbocycles. The maximum Gasteiger partial charge on any atom is 0.0401 e. The van der Waals surface area contributed by atoms with Crippen LogP contribution in [0.3, 0.4) is 0 Å². The van der Waals surface area contributed by atoms with Gasteiger partial charge in [0.1, 0.15) is 0 Å². The molecule has 2 fully saturated rings. The molecule has 2 heteroatoms. The minimum atomic E-state index is 0.613. The van der Waals surface area contributed by atoms with Gasteiger partial charge in [-0.15, -0.1) is 0 Å². The molecular weight excluding hydrogens is 220 g/mol. The second-order valence-corrected chi connectivity index (χ2v) is 6.30. The lowest BCUT2D eigenvalue weighted by molar-refractivity contribution is 0.126. The fourth-order valence-corrected chi connectivity index (χ4v) is 3.32. The molecule has 2 aliphatic heterocycles. The number of nitrogens with one attached hydrogen (secondary N) is 1. The molecule has 0 amide bonds. The Morgan fingerprint density at radius 1 is 1.11 bits per heavy atom. The average Bonchev–Trinajstić information content (AvgIpc) is 2.37. The summed E-state index contributed by atoms with van der Waals surface area (Å²) in [5, 5.41) is 3.44. The van der Waals surface area contributed by atoms with E-state index in [4.69, 9.17) is 0 Å². The number of para-hydroxylation sites is 1. The topological polar surface area (TPSA) is 15.3 Å². The van der Waals surface area contributed by atoms with Crippen LogP contribution in [0, 0.1) is 5.41 Å². The monoisotopic (exact) mass is 244 g/mol. The summed E-state index contributed by atoms with van der Waals surface area (Å²) in [7, 11) is 0. The van der Waals surface area contributed by atoms with Crippen LogP contribution in [0.15, 0.2) is 24.3 Å². The lowest BCUT2D eigenvalue weighted by Crippen LogP contribution is -2.58. The quantitative estimate of drug-likeness (QED) is 0.860. The van der Waals surface area contributed by atoms with E-state index in [1.165, 1.54) is 50.3 Å². The van der Waals surface area contributed by atoms with Crippen LogP contribution in [0.5, 0.6) is 0 Å². The van der Waals surface area contributed by atoms with Crippen LogP contribution in [-0.4, -0.2) is 26.2 Å². The number of rotatable bonds is 2. The molecule has 0 unspecified atom stereocenters. The normalized spacial score (nSPS) is 22.3. The minimum Gasteiger partial charge on any atom is -0.371 e. The molecule has 2 nitrogen and oxygen atoms in total. The predicted molar refractivity (Wildman–Crippen MR) is 77.3 cm³/mol. The third-order valence-corrected chi connectivity index (χ3v) is 4.72. The van der Waals surface area contributed by atoms with Crippen molar-refractivity contribution in [1.82, 2.24) is 5.32 Å². The van der Waals surface area contributed by atoms with Crippen molar-refractivity contribution >= 4 is 5.69 Å². The molecule has 1 N–H and O–H groups in total. The van der Waals surface area contributed by atoms with E-state index in [9.17, 15) is 0 Å². The number of nitrogens with zero attached hydrogens (tertiary/aromatic N) is 1. The molecule has 1 aromatic rings. The van der Waals surface area contributed by atoms with Crippen molar-refractivity contribution in [2.75, 3.05) is 31.1 Å². The SMILES string of the molecule is CC(C)c1ccccc1N1CCC2(CC1)CNC2. The van der Waals surface area contributed by atoms with Crippen LogP contribution in [0.4, 0.5) is 5.69 Å². The van der Waals surface area contributed by atoms with Crippen molar-refractivity contribution in [3.05, 3.63) is 29.8 Å². The highest BCUT2D eigenvalue weighted by Crippen LogP contribution is 2.38. The Labute approximate surface area is 110 Å². The molecule has 18 heavy (non-hydrogen) atoms. The first-order chi connectivity index (χ1) is 8.70. The average molecular weight is 244 g/mol. The fourth-order valence-electron chi connectivity index (χ4n) is 3.32. The fraction of sp³-hybridized carbons (Fsp3) is 0.625. The van der Waals surface area contributed by atoms with Crippen molar-refractivity contribution in [1.29, 1.82) is 0 Å². The first-order valence-electron chi connectivity index (χ1n) is 7.25. The van der Waals surface area contributed by atoms with Crippen molar-refractivity contribution in [3.63, 3.8) is 0 Å². The number of hydrogen-bond acceptors (Lipinski definition) is 2. The summed E-state index contributed by atoms with van der Waals surface area (Å²) in [5.74, 6) is 0.613. The molecule has 2 saturated heterocycles.